The lowest BCUT2D eigenvalue weighted by atomic mass is 10.1. The molecule has 0 atom stereocenters. The second-order valence-electron chi connectivity index (χ2n) is 7.41. The Labute approximate surface area is 197 Å². The van der Waals surface area contributed by atoms with Gasteiger partial charge in [-0.1, -0.05) is 66.2 Å². The molecule has 0 aliphatic rings. The van der Waals surface area contributed by atoms with E-state index in [4.69, 9.17) is 9.47 Å². The van der Waals surface area contributed by atoms with Crippen LogP contribution in [0.2, 0.25) is 0 Å². The quantitative estimate of drug-likeness (QED) is 0.314. The standard InChI is InChI=1S/C27H24N2O3S/c1-19-8-12-22(13-9-19)23-18-33-27(28-23)29-26(30)15-11-20-10-14-24(25(16-20)31-2)32-17-21-6-4-3-5-7-21/h3-16,18H,17H2,1-2H3,(H,28,29,30). The van der Waals surface area contributed by atoms with E-state index in [0.29, 0.717) is 23.2 Å². The molecule has 0 bridgehead atoms. The van der Waals surface area contributed by atoms with Crippen LogP contribution in [0.25, 0.3) is 17.3 Å². The van der Waals surface area contributed by atoms with Crippen LogP contribution in [0.15, 0.2) is 84.3 Å². The Hall–Kier alpha value is -3.90. The zero-order valence-corrected chi connectivity index (χ0v) is 19.3. The van der Waals surface area contributed by atoms with E-state index in [1.165, 1.54) is 23.0 Å². The molecule has 33 heavy (non-hydrogen) atoms. The second-order valence-corrected chi connectivity index (χ2v) is 8.27. The van der Waals surface area contributed by atoms with Gasteiger partial charge < -0.3 is 9.47 Å². The summed E-state index contributed by atoms with van der Waals surface area (Å²) in [6, 6.07) is 23.6. The average molecular weight is 457 g/mol. The van der Waals surface area contributed by atoms with Crippen molar-refractivity contribution >= 4 is 28.5 Å². The van der Waals surface area contributed by atoms with Gasteiger partial charge in [0.2, 0.25) is 5.91 Å². The Morgan fingerprint density at radius 2 is 1.82 bits per heavy atom. The van der Waals surface area contributed by atoms with Crippen LogP contribution in [0.3, 0.4) is 0 Å². The van der Waals surface area contributed by atoms with Crippen molar-refractivity contribution in [3.63, 3.8) is 0 Å². The third-order valence-electron chi connectivity index (χ3n) is 4.93. The Kier molecular flexibility index (Phi) is 7.17. The molecule has 1 heterocycles. The Morgan fingerprint density at radius 1 is 1.03 bits per heavy atom. The van der Waals surface area contributed by atoms with Crippen LogP contribution in [-0.4, -0.2) is 18.0 Å². The fraction of sp³-hybridized carbons (Fsp3) is 0.111. The van der Waals surface area contributed by atoms with E-state index in [1.807, 2.05) is 85.1 Å². The molecule has 0 fully saturated rings. The van der Waals surface area contributed by atoms with Crippen LogP contribution in [0.1, 0.15) is 16.7 Å². The first-order valence-corrected chi connectivity index (χ1v) is 11.3. The zero-order valence-electron chi connectivity index (χ0n) is 18.4. The summed E-state index contributed by atoms with van der Waals surface area (Å²) >= 11 is 1.40. The molecule has 0 aliphatic carbocycles. The molecule has 0 spiro atoms. The van der Waals surface area contributed by atoms with Crippen LogP contribution in [0, 0.1) is 6.92 Å². The third kappa shape index (κ3) is 6.08. The van der Waals surface area contributed by atoms with Gasteiger partial charge in [0.05, 0.1) is 12.8 Å². The van der Waals surface area contributed by atoms with E-state index >= 15 is 0 Å². The molecule has 4 rings (SSSR count). The monoisotopic (exact) mass is 456 g/mol. The minimum Gasteiger partial charge on any atom is -0.493 e. The maximum absolute atomic E-state index is 12.4. The fourth-order valence-electron chi connectivity index (χ4n) is 3.15. The molecule has 0 saturated carbocycles. The molecule has 166 valence electrons. The van der Waals surface area contributed by atoms with Gasteiger partial charge in [0.1, 0.15) is 6.61 Å². The molecular formula is C27H24N2O3S. The highest BCUT2D eigenvalue weighted by Gasteiger charge is 2.08. The first-order valence-electron chi connectivity index (χ1n) is 10.5. The number of nitrogens with one attached hydrogen (secondary N) is 1. The molecular weight excluding hydrogens is 432 g/mol. The van der Waals surface area contributed by atoms with Gasteiger partial charge >= 0.3 is 0 Å². The van der Waals surface area contributed by atoms with E-state index in [1.54, 1.807) is 13.2 Å². The SMILES string of the molecule is COc1cc(C=CC(=O)Nc2nc(-c3ccc(C)cc3)cs2)ccc1OCc1ccccc1. The lowest BCUT2D eigenvalue weighted by Gasteiger charge is -2.11. The number of carbonyl (C=O) groups is 1. The highest BCUT2D eigenvalue weighted by Crippen LogP contribution is 2.29. The van der Waals surface area contributed by atoms with E-state index in [9.17, 15) is 4.79 Å². The van der Waals surface area contributed by atoms with Gasteiger partial charge in [-0.3, -0.25) is 10.1 Å². The number of aromatic nitrogens is 1. The maximum Gasteiger partial charge on any atom is 0.250 e. The first-order chi connectivity index (χ1) is 16.1. The summed E-state index contributed by atoms with van der Waals surface area (Å²) in [6.45, 7) is 2.50. The van der Waals surface area contributed by atoms with Crippen molar-refractivity contribution in [3.8, 4) is 22.8 Å². The summed E-state index contributed by atoms with van der Waals surface area (Å²) in [5.74, 6) is 1.01. The van der Waals surface area contributed by atoms with Gasteiger partial charge in [0.15, 0.2) is 16.6 Å². The number of hydrogen-bond acceptors (Lipinski definition) is 5. The molecule has 1 aromatic heterocycles. The molecule has 3 aromatic carbocycles. The van der Waals surface area contributed by atoms with Crippen molar-refractivity contribution in [2.75, 3.05) is 12.4 Å². The van der Waals surface area contributed by atoms with E-state index in [2.05, 4.69) is 10.3 Å². The lowest BCUT2D eigenvalue weighted by molar-refractivity contribution is -0.111. The summed E-state index contributed by atoms with van der Waals surface area (Å²) in [4.78, 5) is 16.9. The minimum atomic E-state index is -0.247. The number of benzene rings is 3. The largest absolute Gasteiger partial charge is 0.493 e. The number of thiazole rings is 1. The van der Waals surface area contributed by atoms with Gasteiger partial charge in [0, 0.05) is 17.0 Å². The maximum atomic E-state index is 12.4. The summed E-state index contributed by atoms with van der Waals surface area (Å²) in [6.07, 6.45) is 3.21. The van der Waals surface area contributed by atoms with Gasteiger partial charge in [-0.2, -0.15) is 0 Å². The van der Waals surface area contributed by atoms with Gasteiger partial charge in [-0.05, 0) is 36.3 Å². The summed E-state index contributed by atoms with van der Waals surface area (Å²) in [7, 11) is 1.60. The highest BCUT2D eigenvalue weighted by atomic mass is 32.1. The number of nitrogens with zero attached hydrogens (tertiary/aromatic N) is 1. The number of ether oxygens (including phenoxy) is 2. The third-order valence-corrected chi connectivity index (χ3v) is 5.69. The van der Waals surface area contributed by atoms with Crippen molar-refractivity contribution < 1.29 is 14.3 Å². The Balaban J connectivity index is 1.37. The second kappa shape index (κ2) is 10.6. The number of rotatable bonds is 8. The van der Waals surface area contributed by atoms with Crippen molar-refractivity contribution in [1.82, 2.24) is 4.98 Å². The number of methoxy groups -OCH3 is 1. The van der Waals surface area contributed by atoms with E-state index in [-0.39, 0.29) is 5.91 Å². The molecule has 1 amide bonds. The van der Waals surface area contributed by atoms with E-state index in [0.717, 1.165) is 22.4 Å². The number of amides is 1. The molecule has 6 heteroatoms. The number of aryl methyl sites for hydroxylation is 1. The normalized spacial score (nSPS) is 10.8. The highest BCUT2D eigenvalue weighted by molar-refractivity contribution is 7.14. The van der Waals surface area contributed by atoms with Gasteiger partial charge in [-0.15, -0.1) is 11.3 Å². The van der Waals surface area contributed by atoms with Crippen LogP contribution in [0.5, 0.6) is 11.5 Å². The lowest BCUT2D eigenvalue weighted by Crippen LogP contribution is -2.07. The smallest absolute Gasteiger partial charge is 0.250 e. The fourth-order valence-corrected chi connectivity index (χ4v) is 3.87. The molecule has 0 radical (unpaired) electrons. The number of anilines is 1. The van der Waals surface area contributed by atoms with Crippen LogP contribution >= 0.6 is 11.3 Å². The minimum absolute atomic E-state index is 0.247. The Morgan fingerprint density at radius 3 is 2.58 bits per heavy atom. The van der Waals surface area contributed by atoms with Gasteiger partial charge in [0.25, 0.3) is 0 Å². The Bertz CT molecular complexity index is 1250. The summed E-state index contributed by atoms with van der Waals surface area (Å²) in [5.41, 5.74) is 4.96. The molecule has 4 aromatic rings. The number of hydrogen-bond donors (Lipinski definition) is 1. The predicted molar refractivity (Wildman–Crippen MR) is 134 cm³/mol. The molecule has 1 N–H and O–H groups in total. The van der Waals surface area contributed by atoms with Crippen LogP contribution in [-0.2, 0) is 11.4 Å². The summed E-state index contributed by atoms with van der Waals surface area (Å²) in [5, 5.41) is 5.31. The van der Waals surface area contributed by atoms with Gasteiger partial charge in [-0.25, -0.2) is 4.98 Å². The molecule has 0 saturated heterocycles. The average Bonchev–Trinajstić information content (AvgIpc) is 3.31. The van der Waals surface area contributed by atoms with Crippen molar-refractivity contribution in [2.24, 2.45) is 0 Å². The van der Waals surface area contributed by atoms with E-state index < -0.39 is 0 Å². The molecule has 0 unspecified atom stereocenters. The van der Waals surface area contributed by atoms with Crippen molar-refractivity contribution in [1.29, 1.82) is 0 Å². The van der Waals surface area contributed by atoms with Crippen molar-refractivity contribution in [2.45, 2.75) is 13.5 Å². The molecule has 5 nitrogen and oxygen atoms in total. The van der Waals surface area contributed by atoms with Crippen LogP contribution < -0.4 is 14.8 Å². The zero-order chi connectivity index (χ0) is 23.0. The number of carbonyl (C=O) groups excluding carboxylic acids is 1. The molecule has 0 aliphatic heterocycles. The summed E-state index contributed by atoms with van der Waals surface area (Å²) < 4.78 is 11.3. The first kappa shape index (κ1) is 22.3. The van der Waals surface area contributed by atoms with Crippen molar-refractivity contribution in [3.05, 3.63) is 101 Å². The topological polar surface area (TPSA) is 60.5 Å². The predicted octanol–water partition coefficient (Wildman–Crippen LogP) is 6.36. The van der Waals surface area contributed by atoms with Crippen LogP contribution in [0.4, 0.5) is 5.13 Å².